The van der Waals surface area contributed by atoms with Crippen molar-refractivity contribution in [1.82, 2.24) is 5.32 Å². The fourth-order valence-electron chi connectivity index (χ4n) is 0.937. The Hall–Kier alpha value is -0.0400. The van der Waals surface area contributed by atoms with Crippen LogP contribution in [0.15, 0.2) is 4.99 Å². The number of hydrogen-bond donors (Lipinski definition) is 2. The van der Waals surface area contributed by atoms with Gasteiger partial charge in [0.2, 0.25) is 0 Å². The molecule has 3 N–H and O–H groups in total. The van der Waals surface area contributed by atoms with E-state index in [0.717, 1.165) is 26.1 Å². The van der Waals surface area contributed by atoms with Gasteiger partial charge < -0.3 is 15.8 Å². The van der Waals surface area contributed by atoms with Crippen molar-refractivity contribution < 1.29 is 4.74 Å². The number of nitrogens with zero attached hydrogens (tertiary/aromatic N) is 1. The lowest BCUT2D eigenvalue weighted by molar-refractivity contribution is 0.136. The molecule has 0 heterocycles. The smallest absolute Gasteiger partial charge is 0.188 e. The van der Waals surface area contributed by atoms with Crippen molar-refractivity contribution in [2.45, 2.75) is 33.6 Å². The SMILES string of the molecule is CCCCOCCNC(N)=NCC(C)C.I. The Kier molecular flexibility index (Phi) is 14.9. The van der Waals surface area contributed by atoms with Crippen LogP contribution in [-0.4, -0.2) is 32.3 Å². The van der Waals surface area contributed by atoms with Crippen molar-refractivity contribution in [3.05, 3.63) is 0 Å². The highest BCUT2D eigenvalue weighted by molar-refractivity contribution is 14.0. The van der Waals surface area contributed by atoms with Gasteiger partial charge in [-0.3, -0.25) is 4.99 Å². The Morgan fingerprint density at radius 1 is 1.38 bits per heavy atom. The number of nitrogens with two attached hydrogens (primary N) is 1. The topological polar surface area (TPSA) is 59.6 Å². The molecule has 0 spiro atoms. The van der Waals surface area contributed by atoms with Crippen molar-refractivity contribution in [3.8, 4) is 0 Å². The molecule has 0 aromatic rings. The van der Waals surface area contributed by atoms with E-state index in [1.165, 1.54) is 6.42 Å². The van der Waals surface area contributed by atoms with Gasteiger partial charge in [0.05, 0.1) is 6.61 Å². The van der Waals surface area contributed by atoms with Crippen LogP contribution in [0.3, 0.4) is 0 Å². The summed E-state index contributed by atoms with van der Waals surface area (Å²) in [5.41, 5.74) is 5.65. The second-order valence-corrected chi connectivity index (χ2v) is 4.01. The summed E-state index contributed by atoms with van der Waals surface area (Å²) in [6.45, 7) is 9.42. The van der Waals surface area contributed by atoms with E-state index in [0.29, 0.717) is 18.5 Å². The number of hydrogen-bond acceptors (Lipinski definition) is 2. The van der Waals surface area contributed by atoms with E-state index in [1.807, 2.05) is 0 Å². The van der Waals surface area contributed by atoms with Gasteiger partial charge in [-0.25, -0.2) is 0 Å². The molecule has 0 aromatic carbocycles. The third-order valence-corrected chi connectivity index (χ3v) is 1.82. The molecule has 0 fully saturated rings. The van der Waals surface area contributed by atoms with Crippen molar-refractivity contribution in [2.75, 3.05) is 26.3 Å². The molecule has 0 aliphatic carbocycles. The summed E-state index contributed by atoms with van der Waals surface area (Å²) in [7, 11) is 0. The zero-order valence-corrected chi connectivity index (χ0v) is 13.0. The van der Waals surface area contributed by atoms with E-state index in [1.54, 1.807) is 0 Å². The van der Waals surface area contributed by atoms with Crippen molar-refractivity contribution in [2.24, 2.45) is 16.6 Å². The zero-order chi connectivity index (χ0) is 11.5. The third kappa shape index (κ3) is 14.0. The first-order valence-electron chi connectivity index (χ1n) is 5.78. The maximum atomic E-state index is 5.65. The molecule has 0 unspecified atom stereocenters. The minimum atomic E-state index is 0. The van der Waals surface area contributed by atoms with Crippen LogP contribution in [0, 0.1) is 5.92 Å². The Morgan fingerprint density at radius 2 is 2.06 bits per heavy atom. The van der Waals surface area contributed by atoms with Crippen molar-refractivity contribution >= 4 is 29.9 Å². The van der Waals surface area contributed by atoms with Gasteiger partial charge in [-0.2, -0.15) is 0 Å². The summed E-state index contributed by atoms with van der Waals surface area (Å²) >= 11 is 0. The quantitative estimate of drug-likeness (QED) is 0.307. The number of rotatable bonds is 8. The zero-order valence-electron chi connectivity index (χ0n) is 10.7. The molecule has 0 saturated carbocycles. The maximum Gasteiger partial charge on any atom is 0.188 e. The highest BCUT2D eigenvalue weighted by atomic mass is 127. The van der Waals surface area contributed by atoms with Crippen LogP contribution in [0.4, 0.5) is 0 Å². The summed E-state index contributed by atoms with van der Waals surface area (Å²) in [5, 5.41) is 3.02. The van der Waals surface area contributed by atoms with Crippen LogP contribution in [-0.2, 0) is 4.74 Å². The number of halogens is 1. The Labute approximate surface area is 116 Å². The number of nitrogens with one attached hydrogen (secondary N) is 1. The van der Waals surface area contributed by atoms with Gasteiger partial charge in [-0.05, 0) is 12.3 Å². The molecule has 0 atom stereocenters. The van der Waals surface area contributed by atoms with Gasteiger partial charge in [0.1, 0.15) is 0 Å². The molecule has 0 radical (unpaired) electrons. The second-order valence-electron chi connectivity index (χ2n) is 4.01. The van der Waals surface area contributed by atoms with Crippen LogP contribution < -0.4 is 11.1 Å². The van der Waals surface area contributed by atoms with Gasteiger partial charge in [0, 0.05) is 19.7 Å². The first-order valence-corrected chi connectivity index (χ1v) is 5.78. The fourth-order valence-corrected chi connectivity index (χ4v) is 0.937. The van der Waals surface area contributed by atoms with Gasteiger partial charge in [0.25, 0.3) is 0 Å². The predicted octanol–water partition coefficient (Wildman–Crippen LogP) is 1.98. The average Bonchev–Trinajstić information content (AvgIpc) is 2.20. The summed E-state index contributed by atoms with van der Waals surface area (Å²) < 4.78 is 5.38. The lowest BCUT2D eigenvalue weighted by Gasteiger charge is -2.07. The van der Waals surface area contributed by atoms with Crippen LogP contribution in [0.2, 0.25) is 0 Å². The number of unbranched alkanes of at least 4 members (excludes halogenated alkanes) is 1. The number of ether oxygens (including phenoxy) is 1. The minimum Gasteiger partial charge on any atom is -0.380 e. The number of aliphatic imine (C=N–C) groups is 1. The van der Waals surface area contributed by atoms with E-state index in [-0.39, 0.29) is 24.0 Å². The average molecular weight is 343 g/mol. The van der Waals surface area contributed by atoms with E-state index in [2.05, 4.69) is 31.1 Å². The fraction of sp³-hybridized carbons (Fsp3) is 0.909. The highest BCUT2D eigenvalue weighted by Crippen LogP contribution is 1.90. The molecule has 0 saturated heterocycles. The van der Waals surface area contributed by atoms with Crippen molar-refractivity contribution in [3.63, 3.8) is 0 Å². The maximum absolute atomic E-state index is 5.65. The molecule has 0 rings (SSSR count). The lowest BCUT2D eigenvalue weighted by Crippen LogP contribution is -2.34. The standard InChI is InChI=1S/C11H25N3O.HI/c1-4-5-7-15-8-6-13-11(12)14-9-10(2)3;/h10H,4-9H2,1-3H3,(H3,12,13,14);1H. The first kappa shape index (κ1) is 18.3. The summed E-state index contributed by atoms with van der Waals surface area (Å²) in [6, 6.07) is 0. The summed E-state index contributed by atoms with van der Waals surface area (Å²) in [4.78, 5) is 4.19. The highest BCUT2D eigenvalue weighted by Gasteiger charge is 1.93. The van der Waals surface area contributed by atoms with E-state index >= 15 is 0 Å². The first-order chi connectivity index (χ1) is 7.16. The monoisotopic (exact) mass is 343 g/mol. The van der Waals surface area contributed by atoms with Gasteiger partial charge >= 0.3 is 0 Å². The van der Waals surface area contributed by atoms with Crippen LogP contribution in [0.5, 0.6) is 0 Å². The normalized spacial score (nSPS) is 11.4. The van der Waals surface area contributed by atoms with Crippen LogP contribution in [0.1, 0.15) is 33.6 Å². The molecular weight excluding hydrogens is 317 g/mol. The minimum absolute atomic E-state index is 0. The number of guanidine groups is 1. The third-order valence-electron chi connectivity index (χ3n) is 1.82. The van der Waals surface area contributed by atoms with Crippen LogP contribution in [0.25, 0.3) is 0 Å². The Bertz CT molecular complexity index is 175. The summed E-state index contributed by atoms with van der Waals surface area (Å²) in [5.74, 6) is 1.06. The second kappa shape index (κ2) is 13.0. The van der Waals surface area contributed by atoms with E-state index in [9.17, 15) is 0 Å². The predicted molar refractivity (Wildman–Crippen MR) is 80.5 cm³/mol. The largest absolute Gasteiger partial charge is 0.380 e. The molecule has 0 aromatic heterocycles. The van der Waals surface area contributed by atoms with Crippen LogP contribution >= 0.6 is 24.0 Å². The van der Waals surface area contributed by atoms with Gasteiger partial charge in [-0.1, -0.05) is 27.2 Å². The molecule has 0 aliphatic heterocycles. The molecule has 0 bridgehead atoms. The summed E-state index contributed by atoms with van der Waals surface area (Å²) in [6.07, 6.45) is 2.29. The van der Waals surface area contributed by atoms with Gasteiger partial charge in [0.15, 0.2) is 5.96 Å². The molecule has 0 amide bonds. The Balaban J connectivity index is 0. The van der Waals surface area contributed by atoms with Crippen molar-refractivity contribution in [1.29, 1.82) is 0 Å². The molecule has 98 valence electrons. The Morgan fingerprint density at radius 3 is 2.62 bits per heavy atom. The van der Waals surface area contributed by atoms with Gasteiger partial charge in [-0.15, -0.1) is 24.0 Å². The molecular formula is C11H26IN3O. The van der Waals surface area contributed by atoms with E-state index < -0.39 is 0 Å². The molecule has 4 nitrogen and oxygen atoms in total. The lowest BCUT2D eigenvalue weighted by atomic mass is 10.2. The molecule has 0 aliphatic rings. The molecule has 16 heavy (non-hydrogen) atoms. The van der Waals surface area contributed by atoms with E-state index in [4.69, 9.17) is 10.5 Å². The molecule has 5 heteroatoms.